The van der Waals surface area contributed by atoms with Gasteiger partial charge in [0.05, 0.1) is 42.7 Å². The number of nitrogens with zero attached hydrogens (tertiary/aromatic N) is 1. The first kappa shape index (κ1) is 14.9. The second kappa shape index (κ2) is 5.51. The minimum Gasteiger partial charge on any atom is -0.397 e. The summed E-state index contributed by atoms with van der Waals surface area (Å²) in [4.78, 5) is 3.85. The molecule has 0 radical (unpaired) electrons. The van der Waals surface area contributed by atoms with Gasteiger partial charge >= 0.3 is 0 Å². The molecule has 0 aliphatic rings. The van der Waals surface area contributed by atoms with Crippen molar-refractivity contribution < 1.29 is 4.39 Å². The zero-order chi connectivity index (χ0) is 14.3. The Bertz CT molecular complexity index is 646. The van der Waals surface area contributed by atoms with Crippen LogP contribution in [-0.2, 0) is 0 Å². The number of nitrogen functional groups attached to an aromatic ring is 1. The molecule has 0 bridgehead atoms. The number of anilines is 1. The average Bonchev–Trinajstić information content (AvgIpc) is 2.37. The van der Waals surface area contributed by atoms with E-state index < -0.39 is 5.82 Å². The second-order valence-corrected chi connectivity index (χ2v) is 5.43. The molecule has 1 aromatic carbocycles. The summed E-state index contributed by atoms with van der Waals surface area (Å²) < 4.78 is 13.0. The summed E-state index contributed by atoms with van der Waals surface area (Å²) in [7, 11) is 0. The van der Waals surface area contributed by atoms with Gasteiger partial charge in [0.2, 0.25) is 0 Å². The molecule has 0 fully saturated rings. The van der Waals surface area contributed by atoms with E-state index >= 15 is 0 Å². The van der Waals surface area contributed by atoms with E-state index in [-0.39, 0.29) is 42.1 Å². The summed E-state index contributed by atoms with van der Waals surface area (Å²) in [6, 6.07) is 1.09. The highest BCUT2D eigenvalue weighted by Gasteiger charge is 2.22. The van der Waals surface area contributed by atoms with Crippen molar-refractivity contribution in [2.24, 2.45) is 0 Å². The molecule has 8 heteroatoms. The lowest BCUT2D eigenvalue weighted by molar-refractivity contribution is 0.622. The number of nitrogens with two attached hydrogens (primary N) is 1. The molecule has 2 N–H and O–H groups in total. The molecular formula is C11H4Cl5FN2. The van der Waals surface area contributed by atoms with Gasteiger partial charge < -0.3 is 5.73 Å². The van der Waals surface area contributed by atoms with Crippen molar-refractivity contribution in [1.82, 2.24) is 4.98 Å². The first-order chi connectivity index (χ1) is 8.84. The van der Waals surface area contributed by atoms with Gasteiger partial charge in [-0.15, -0.1) is 0 Å². The van der Waals surface area contributed by atoms with Crippen molar-refractivity contribution in [3.05, 3.63) is 43.2 Å². The Morgan fingerprint density at radius 3 is 1.84 bits per heavy atom. The van der Waals surface area contributed by atoms with Crippen LogP contribution in [-0.4, -0.2) is 4.98 Å². The van der Waals surface area contributed by atoms with Gasteiger partial charge in [-0.05, 0) is 0 Å². The van der Waals surface area contributed by atoms with Crippen LogP contribution in [0, 0.1) is 5.82 Å². The largest absolute Gasteiger partial charge is 0.397 e. The van der Waals surface area contributed by atoms with E-state index in [9.17, 15) is 4.39 Å². The fourth-order valence-corrected chi connectivity index (χ4v) is 2.79. The maximum absolute atomic E-state index is 13.0. The number of aromatic nitrogens is 1. The molecule has 1 aromatic heterocycles. The smallest absolute Gasteiger partial charge is 0.143 e. The molecule has 2 rings (SSSR count). The summed E-state index contributed by atoms with van der Waals surface area (Å²) in [6.45, 7) is 0. The Morgan fingerprint density at radius 2 is 1.37 bits per heavy atom. The van der Waals surface area contributed by atoms with E-state index in [0.717, 1.165) is 12.3 Å². The topological polar surface area (TPSA) is 38.9 Å². The van der Waals surface area contributed by atoms with E-state index in [1.165, 1.54) is 0 Å². The second-order valence-electron chi connectivity index (χ2n) is 3.54. The molecule has 0 saturated heterocycles. The first-order valence-corrected chi connectivity index (χ1v) is 6.66. The first-order valence-electron chi connectivity index (χ1n) is 4.77. The third-order valence-corrected chi connectivity index (χ3v) is 4.61. The Hall–Kier alpha value is -0.450. The predicted molar refractivity (Wildman–Crippen MR) is 79.1 cm³/mol. The molecule has 0 saturated carbocycles. The summed E-state index contributed by atoms with van der Waals surface area (Å²) in [5, 5.41) is 0.179. The number of rotatable bonds is 1. The van der Waals surface area contributed by atoms with Crippen LogP contribution >= 0.6 is 58.0 Å². The van der Waals surface area contributed by atoms with Crippen molar-refractivity contribution in [2.75, 3.05) is 5.73 Å². The molecular weight excluding hydrogens is 356 g/mol. The highest BCUT2D eigenvalue weighted by atomic mass is 35.5. The zero-order valence-electron chi connectivity index (χ0n) is 8.95. The Morgan fingerprint density at radius 1 is 0.895 bits per heavy atom. The monoisotopic (exact) mass is 358 g/mol. The summed E-state index contributed by atoms with van der Waals surface area (Å²) >= 11 is 29.9. The summed E-state index contributed by atoms with van der Waals surface area (Å²) in [5.74, 6) is -0.584. The Labute approximate surface area is 133 Å². The highest BCUT2D eigenvalue weighted by molar-refractivity contribution is 6.56. The maximum Gasteiger partial charge on any atom is 0.143 e. The van der Waals surface area contributed by atoms with Crippen molar-refractivity contribution in [3.8, 4) is 11.3 Å². The van der Waals surface area contributed by atoms with Gasteiger partial charge in [-0.25, -0.2) is 4.39 Å². The van der Waals surface area contributed by atoms with Crippen LogP contribution in [0.15, 0.2) is 12.3 Å². The lowest BCUT2D eigenvalue weighted by Crippen LogP contribution is -1.97. The SMILES string of the molecule is Nc1cc(F)cnc1-c1c(Cl)c(Cl)c(Cl)c(Cl)c1Cl. The van der Waals surface area contributed by atoms with E-state index in [4.69, 9.17) is 63.7 Å². The van der Waals surface area contributed by atoms with Crippen LogP contribution in [0.25, 0.3) is 11.3 Å². The van der Waals surface area contributed by atoms with Crippen LogP contribution in [0.2, 0.25) is 25.1 Å². The number of hydrogen-bond donors (Lipinski definition) is 1. The molecule has 2 aromatic rings. The molecule has 100 valence electrons. The minimum atomic E-state index is -0.584. The van der Waals surface area contributed by atoms with Crippen LogP contribution < -0.4 is 5.73 Å². The lowest BCUT2D eigenvalue weighted by Gasteiger charge is -2.13. The van der Waals surface area contributed by atoms with Gasteiger partial charge in [-0.1, -0.05) is 58.0 Å². The third-order valence-electron chi connectivity index (χ3n) is 2.33. The standard InChI is InChI=1S/C11H4Cl5FN2/c12-6-5(7(13)9(15)10(16)8(6)14)11-4(18)1-3(17)2-19-11/h1-2H,18H2. The predicted octanol–water partition coefficient (Wildman–Crippen LogP) is 5.74. The average molecular weight is 360 g/mol. The van der Waals surface area contributed by atoms with E-state index in [0.29, 0.717) is 0 Å². The molecule has 19 heavy (non-hydrogen) atoms. The molecule has 0 unspecified atom stereocenters. The molecule has 2 nitrogen and oxygen atoms in total. The number of pyridine rings is 1. The van der Waals surface area contributed by atoms with Crippen molar-refractivity contribution in [2.45, 2.75) is 0 Å². The molecule has 1 heterocycles. The number of halogens is 6. The minimum absolute atomic E-state index is 0.0262. The summed E-state index contributed by atoms with van der Waals surface area (Å²) in [5.41, 5.74) is 6.13. The number of hydrogen-bond acceptors (Lipinski definition) is 2. The van der Waals surface area contributed by atoms with Gasteiger partial charge in [-0.3, -0.25) is 4.98 Å². The third kappa shape index (κ3) is 2.58. The number of benzene rings is 1. The fraction of sp³-hybridized carbons (Fsp3) is 0. The lowest BCUT2D eigenvalue weighted by atomic mass is 10.1. The highest BCUT2D eigenvalue weighted by Crippen LogP contribution is 2.48. The van der Waals surface area contributed by atoms with Crippen LogP contribution in [0.5, 0.6) is 0 Å². The van der Waals surface area contributed by atoms with Crippen LogP contribution in [0.3, 0.4) is 0 Å². The molecule has 0 spiro atoms. The van der Waals surface area contributed by atoms with E-state index in [2.05, 4.69) is 4.98 Å². The van der Waals surface area contributed by atoms with Gasteiger partial charge in [0.25, 0.3) is 0 Å². The maximum atomic E-state index is 13.0. The summed E-state index contributed by atoms with van der Waals surface area (Å²) in [6.07, 6.45) is 0.981. The molecule has 0 aliphatic heterocycles. The Kier molecular flexibility index (Phi) is 4.33. The molecule has 0 amide bonds. The van der Waals surface area contributed by atoms with E-state index in [1.807, 2.05) is 0 Å². The van der Waals surface area contributed by atoms with E-state index in [1.54, 1.807) is 0 Å². The zero-order valence-corrected chi connectivity index (χ0v) is 12.7. The fourth-order valence-electron chi connectivity index (χ4n) is 1.48. The van der Waals surface area contributed by atoms with Crippen LogP contribution in [0.4, 0.5) is 10.1 Å². The van der Waals surface area contributed by atoms with Gasteiger partial charge in [0, 0.05) is 11.6 Å². The van der Waals surface area contributed by atoms with Gasteiger partial charge in [0.1, 0.15) is 5.82 Å². The van der Waals surface area contributed by atoms with Crippen molar-refractivity contribution in [1.29, 1.82) is 0 Å². The van der Waals surface area contributed by atoms with Gasteiger partial charge in [0.15, 0.2) is 0 Å². The molecule has 0 aliphatic carbocycles. The Balaban J connectivity index is 2.83. The quantitative estimate of drug-likeness (QED) is 0.520. The van der Waals surface area contributed by atoms with Crippen molar-refractivity contribution >= 4 is 63.7 Å². The molecule has 0 atom stereocenters. The van der Waals surface area contributed by atoms with Gasteiger partial charge in [-0.2, -0.15) is 0 Å². The van der Waals surface area contributed by atoms with Crippen molar-refractivity contribution in [3.63, 3.8) is 0 Å². The van der Waals surface area contributed by atoms with Crippen LogP contribution in [0.1, 0.15) is 0 Å². The normalized spacial score (nSPS) is 10.8.